The Balaban J connectivity index is 1.96. The van der Waals surface area contributed by atoms with Gasteiger partial charge in [-0.05, 0) is 37.6 Å². The summed E-state index contributed by atoms with van der Waals surface area (Å²) in [4.78, 5) is 0. The van der Waals surface area contributed by atoms with Gasteiger partial charge < -0.3 is 5.32 Å². The molecule has 1 heteroatoms. The van der Waals surface area contributed by atoms with E-state index in [1.807, 2.05) is 0 Å². The lowest BCUT2D eigenvalue weighted by molar-refractivity contribution is 0.420. The molecular formula is C12H21N. The van der Waals surface area contributed by atoms with E-state index >= 15 is 0 Å². The highest BCUT2D eigenvalue weighted by Gasteiger charge is 2.40. The Hall–Kier alpha value is -0.480. The van der Waals surface area contributed by atoms with E-state index in [1.54, 1.807) is 0 Å². The molecule has 74 valence electrons. The number of hydrogen-bond donors (Lipinski definition) is 1. The molecule has 1 rings (SSSR count). The van der Waals surface area contributed by atoms with Crippen LogP contribution >= 0.6 is 0 Å². The van der Waals surface area contributed by atoms with E-state index in [1.165, 1.54) is 32.2 Å². The average molecular weight is 179 g/mol. The van der Waals surface area contributed by atoms with E-state index in [0.29, 0.717) is 5.41 Å². The molecule has 1 N–H and O–H groups in total. The third kappa shape index (κ3) is 3.83. The zero-order valence-electron chi connectivity index (χ0n) is 8.73. The van der Waals surface area contributed by atoms with Crippen LogP contribution in [0, 0.1) is 17.8 Å². The lowest BCUT2D eigenvalue weighted by Crippen LogP contribution is -2.24. The largest absolute Gasteiger partial charge is 0.316 e. The van der Waals surface area contributed by atoms with Crippen LogP contribution < -0.4 is 5.32 Å². The Morgan fingerprint density at radius 1 is 1.46 bits per heavy atom. The van der Waals surface area contributed by atoms with E-state index in [9.17, 15) is 0 Å². The summed E-state index contributed by atoms with van der Waals surface area (Å²) in [6.07, 6.45) is 12.8. The molecule has 0 aromatic heterocycles. The van der Waals surface area contributed by atoms with Gasteiger partial charge in [-0.1, -0.05) is 13.3 Å². The average Bonchev–Trinajstić information content (AvgIpc) is 2.86. The molecule has 0 spiro atoms. The first-order valence-electron chi connectivity index (χ1n) is 5.47. The second-order valence-electron chi connectivity index (χ2n) is 4.23. The normalized spacial score (nSPS) is 18.2. The SMILES string of the molecule is C#CCCCNCC1(CCC)CC1. The van der Waals surface area contributed by atoms with Crippen LogP contribution in [0.3, 0.4) is 0 Å². The molecule has 0 unspecified atom stereocenters. The molecule has 1 fully saturated rings. The van der Waals surface area contributed by atoms with Gasteiger partial charge in [-0.2, -0.15) is 0 Å². The molecule has 1 aliphatic rings. The monoisotopic (exact) mass is 179 g/mol. The van der Waals surface area contributed by atoms with Crippen molar-refractivity contribution in [2.75, 3.05) is 13.1 Å². The number of hydrogen-bond acceptors (Lipinski definition) is 1. The van der Waals surface area contributed by atoms with Crippen LogP contribution in [0.15, 0.2) is 0 Å². The third-order valence-corrected chi connectivity index (χ3v) is 2.91. The summed E-state index contributed by atoms with van der Waals surface area (Å²) in [6, 6.07) is 0. The molecule has 0 bridgehead atoms. The van der Waals surface area contributed by atoms with Gasteiger partial charge in [-0.25, -0.2) is 0 Å². The smallest absolute Gasteiger partial charge is 0.00981 e. The van der Waals surface area contributed by atoms with Gasteiger partial charge in [0.1, 0.15) is 0 Å². The van der Waals surface area contributed by atoms with Crippen molar-refractivity contribution >= 4 is 0 Å². The molecule has 0 aromatic rings. The molecule has 1 saturated carbocycles. The second kappa shape index (κ2) is 5.29. The fraction of sp³-hybridized carbons (Fsp3) is 0.833. The molecule has 0 saturated heterocycles. The Morgan fingerprint density at radius 2 is 2.23 bits per heavy atom. The van der Waals surface area contributed by atoms with Crippen LogP contribution in [0.4, 0.5) is 0 Å². The molecule has 0 atom stereocenters. The minimum atomic E-state index is 0.685. The highest BCUT2D eigenvalue weighted by atomic mass is 14.9. The summed E-state index contributed by atoms with van der Waals surface area (Å²) in [5, 5.41) is 3.51. The number of terminal acetylenes is 1. The molecule has 1 nitrogen and oxygen atoms in total. The van der Waals surface area contributed by atoms with E-state index in [4.69, 9.17) is 6.42 Å². The molecule has 1 aliphatic carbocycles. The van der Waals surface area contributed by atoms with Crippen molar-refractivity contribution in [2.45, 2.75) is 45.4 Å². The van der Waals surface area contributed by atoms with Crippen LogP contribution in [0.1, 0.15) is 45.4 Å². The third-order valence-electron chi connectivity index (χ3n) is 2.91. The van der Waals surface area contributed by atoms with Gasteiger partial charge >= 0.3 is 0 Å². The van der Waals surface area contributed by atoms with Crippen molar-refractivity contribution in [2.24, 2.45) is 5.41 Å². The molecule has 13 heavy (non-hydrogen) atoms. The predicted octanol–water partition coefficient (Wildman–Crippen LogP) is 2.57. The van der Waals surface area contributed by atoms with Gasteiger partial charge in [0, 0.05) is 13.0 Å². The maximum atomic E-state index is 5.18. The van der Waals surface area contributed by atoms with Gasteiger partial charge in [0.15, 0.2) is 0 Å². The Kier molecular flexibility index (Phi) is 4.32. The summed E-state index contributed by atoms with van der Waals surface area (Å²) in [6.45, 7) is 4.58. The van der Waals surface area contributed by atoms with Gasteiger partial charge in [0.25, 0.3) is 0 Å². The van der Waals surface area contributed by atoms with E-state index in [2.05, 4.69) is 18.2 Å². The first-order valence-corrected chi connectivity index (χ1v) is 5.47. The van der Waals surface area contributed by atoms with E-state index in [0.717, 1.165) is 19.4 Å². The van der Waals surface area contributed by atoms with Crippen LogP contribution in [-0.2, 0) is 0 Å². The highest BCUT2D eigenvalue weighted by molar-refractivity contribution is 4.94. The number of unbranched alkanes of at least 4 members (excludes halogenated alkanes) is 1. The fourth-order valence-electron chi connectivity index (χ4n) is 1.89. The molecule has 0 heterocycles. The first kappa shape index (κ1) is 10.6. The van der Waals surface area contributed by atoms with Gasteiger partial charge in [-0.15, -0.1) is 12.3 Å². The van der Waals surface area contributed by atoms with Gasteiger partial charge in [0.05, 0.1) is 0 Å². The van der Waals surface area contributed by atoms with Crippen LogP contribution in [0.2, 0.25) is 0 Å². The number of nitrogens with one attached hydrogen (secondary N) is 1. The lowest BCUT2D eigenvalue weighted by Gasteiger charge is -2.14. The maximum Gasteiger partial charge on any atom is 0.00981 e. The van der Waals surface area contributed by atoms with Crippen molar-refractivity contribution in [3.05, 3.63) is 0 Å². The van der Waals surface area contributed by atoms with Crippen LogP contribution in [0.25, 0.3) is 0 Å². The lowest BCUT2D eigenvalue weighted by atomic mass is 10.0. The fourth-order valence-corrected chi connectivity index (χ4v) is 1.89. The minimum absolute atomic E-state index is 0.685. The minimum Gasteiger partial charge on any atom is -0.316 e. The van der Waals surface area contributed by atoms with E-state index < -0.39 is 0 Å². The summed E-state index contributed by atoms with van der Waals surface area (Å²) in [5.74, 6) is 2.67. The van der Waals surface area contributed by atoms with E-state index in [-0.39, 0.29) is 0 Å². The summed E-state index contributed by atoms with van der Waals surface area (Å²) >= 11 is 0. The molecular weight excluding hydrogens is 158 g/mol. The van der Waals surface area contributed by atoms with Crippen molar-refractivity contribution < 1.29 is 0 Å². The van der Waals surface area contributed by atoms with Crippen molar-refractivity contribution in [1.82, 2.24) is 5.32 Å². The second-order valence-corrected chi connectivity index (χ2v) is 4.23. The first-order chi connectivity index (χ1) is 6.33. The highest BCUT2D eigenvalue weighted by Crippen LogP contribution is 2.48. The standard InChI is InChI=1S/C12H21N/c1-3-5-6-10-13-11-12(7-4-2)8-9-12/h1,13H,4-11H2,2H3. The summed E-state index contributed by atoms with van der Waals surface area (Å²) < 4.78 is 0. The summed E-state index contributed by atoms with van der Waals surface area (Å²) in [7, 11) is 0. The van der Waals surface area contributed by atoms with Gasteiger partial charge in [0.2, 0.25) is 0 Å². The predicted molar refractivity (Wildman–Crippen MR) is 57.5 cm³/mol. The zero-order valence-corrected chi connectivity index (χ0v) is 8.73. The molecule has 0 aromatic carbocycles. The van der Waals surface area contributed by atoms with Gasteiger partial charge in [-0.3, -0.25) is 0 Å². The molecule has 0 amide bonds. The topological polar surface area (TPSA) is 12.0 Å². The summed E-state index contributed by atoms with van der Waals surface area (Å²) in [5.41, 5.74) is 0.685. The Labute approximate surface area is 82.3 Å². The van der Waals surface area contributed by atoms with Crippen molar-refractivity contribution in [3.8, 4) is 12.3 Å². The van der Waals surface area contributed by atoms with Crippen molar-refractivity contribution in [1.29, 1.82) is 0 Å². The molecule has 0 aliphatic heterocycles. The van der Waals surface area contributed by atoms with Crippen LogP contribution in [0.5, 0.6) is 0 Å². The Bertz CT molecular complexity index is 174. The zero-order chi connectivity index (χ0) is 9.57. The molecule has 0 radical (unpaired) electrons. The quantitative estimate of drug-likeness (QED) is 0.468. The van der Waals surface area contributed by atoms with Crippen molar-refractivity contribution in [3.63, 3.8) is 0 Å². The maximum absolute atomic E-state index is 5.18. The van der Waals surface area contributed by atoms with Crippen LogP contribution in [-0.4, -0.2) is 13.1 Å². The Morgan fingerprint density at radius 3 is 2.77 bits per heavy atom. The number of rotatable bonds is 7.